The molecule has 0 saturated heterocycles. The summed E-state index contributed by atoms with van der Waals surface area (Å²) in [6.07, 6.45) is 1.44. The van der Waals surface area contributed by atoms with Crippen molar-refractivity contribution in [1.29, 1.82) is 0 Å². The van der Waals surface area contributed by atoms with Gasteiger partial charge in [-0.3, -0.25) is 14.7 Å². The SMILES string of the molecule is NC(=O)CNC(=O)c1ccn[nH]1. The van der Waals surface area contributed by atoms with Crippen molar-refractivity contribution < 1.29 is 9.59 Å². The summed E-state index contributed by atoms with van der Waals surface area (Å²) in [5, 5.41) is 8.31. The van der Waals surface area contributed by atoms with Gasteiger partial charge in [-0.25, -0.2) is 0 Å². The van der Waals surface area contributed by atoms with Crippen molar-refractivity contribution in [1.82, 2.24) is 15.5 Å². The van der Waals surface area contributed by atoms with Crippen LogP contribution in [0.4, 0.5) is 0 Å². The Morgan fingerprint density at radius 2 is 2.42 bits per heavy atom. The monoisotopic (exact) mass is 168 g/mol. The summed E-state index contributed by atoms with van der Waals surface area (Å²) >= 11 is 0. The van der Waals surface area contributed by atoms with E-state index in [9.17, 15) is 9.59 Å². The lowest BCUT2D eigenvalue weighted by Gasteiger charge is -1.98. The molecule has 0 aliphatic rings. The third-order valence-electron chi connectivity index (χ3n) is 1.17. The third-order valence-corrected chi connectivity index (χ3v) is 1.17. The van der Waals surface area contributed by atoms with Crippen molar-refractivity contribution >= 4 is 11.8 Å². The van der Waals surface area contributed by atoms with Crippen LogP contribution in [0, 0.1) is 0 Å². The first-order valence-corrected chi connectivity index (χ1v) is 3.26. The molecule has 0 spiro atoms. The van der Waals surface area contributed by atoms with Crippen LogP contribution in [0.5, 0.6) is 0 Å². The highest BCUT2D eigenvalue weighted by molar-refractivity contribution is 5.94. The van der Waals surface area contributed by atoms with E-state index >= 15 is 0 Å². The van der Waals surface area contributed by atoms with Gasteiger partial charge in [0.05, 0.1) is 6.54 Å². The molecule has 6 nitrogen and oxygen atoms in total. The number of aromatic amines is 1. The van der Waals surface area contributed by atoms with Gasteiger partial charge in [0.1, 0.15) is 5.69 Å². The van der Waals surface area contributed by atoms with Crippen LogP contribution < -0.4 is 11.1 Å². The maximum absolute atomic E-state index is 11.0. The minimum atomic E-state index is -0.581. The Labute approximate surface area is 68.1 Å². The number of H-pyrrole nitrogens is 1. The largest absolute Gasteiger partial charge is 0.368 e. The standard InChI is InChI=1S/C6H8N4O2/c7-5(11)3-8-6(12)4-1-2-9-10-4/h1-2H,3H2,(H2,7,11)(H,8,12)(H,9,10). The van der Waals surface area contributed by atoms with Crippen molar-refractivity contribution in [2.75, 3.05) is 6.54 Å². The molecule has 0 saturated carbocycles. The highest BCUT2D eigenvalue weighted by Crippen LogP contribution is 1.89. The number of hydrogen-bond donors (Lipinski definition) is 3. The molecule has 0 atom stereocenters. The number of primary amides is 1. The molecular weight excluding hydrogens is 160 g/mol. The highest BCUT2D eigenvalue weighted by Gasteiger charge is 2.05. The number of carbonyl (C=O) groups is 2. The van der Waals surface area contributed by atoms with Gasteiger partial charge in [0.2, 0.25) is 5.91 Å². The number of nitrogens with zero attached hydrogens (tertiary/aromatic N) is 1. The molecule has 64 valence electrons. The van der Waals surface area contributed by atoms with E-state index in [1.165, 1.54) is 12.3 Å². The van der Waals surface area contributed by atoms with Gasteiger partial charge in [-0.05, 0) is 6.07 Å². The molecule has 6 heteroatoms. The number of nitrogens with two attached hydrogens (primary N) is 1. The molecule has 1 aromatic heterocycles. The molecular formula is C6H8N4O2. The van der Waals surface area contributed by atoms with E-state index in [1.807, 2.05) is 0 Å². The van der Waals surface area contributed by atoms with Crippen LogP contribution in [0.15, 0.2) is 12.3 Å². The number of rotatable bonds is 3. The van der Waals surface area contributed by atoms with Crippen LogP contribution in [0.1, 0.15) is 10.5 Å². The summed E-state index contributed by atoms with van der Waals surface area (Å²) in [6, 6.07) is 1.50. The Kier molecular flexibility index (Phi) is 2.42. The Morgan fingerprint density at radius 3 is 2.92 bits per heavy atom. The molecule has 0 bridgehead atoms. The van der Waals surface area contributed by atoms with E-state index in [1.54, 1.807) is 0 Å². The summed E-state index contributed by atoms with van der Waals surface area (Å²) in [7, 11) is 0. The van der Waals surface area contributed by atoms with Gasteiger partial charge in [-0.15, -0.1) is 0 Å². The maximum Gasteiger partial charge on any atom is 0.269 e. The quantitative estimate of drug-likeness (QED) is 0.518. The van der Waals surface area contributed by atoms with Crippen molar-refractivity contribution in [3.63, 3.8) is 0 Å². The van der Waals surface area contributed by atoms with E-state index in [0.717, 1.165) is 0 Å². The van der Waals surface area contributed by atoms with E-state index in [0.29, 0.717) is 5.69 Å². The minimum absolute atomic E-state index is 0.169. The minimum Gasteiger partial charge on any atom is -0.368 e. The van der Waals surface area contributed by atoms with Crippen LogP contribution in [0.3, 0.4) is 0 Å². The molecule has 2 amide bonds. The van der Waals surface area contributed by atoms with Crippen molar-refractivity contribution in [3.8, 4) is 0 Å². The maximum atomic E-state index is 11.0. The van der Waals surface area contributed by atoms with E-state index in [4.69, 9.17) is 5.73 Å². The van der Waals surface area contributed by atoms with Gasteiger partial charge >= 0.3 is 0 Å². The fraction of sp³-hybridized carbons (Fsp3) is 0.167. The van der Waals surface area contributed by atoms with Gasteiger partial charge in [0, 0.05) is 6.20 Å². The first kappa shape index (κ1) is 8.25. The average Bonchev–Trinajstić information content (AvgIpc) is 2.51. The normalized spacial score (nSPS) is 9.33. The van der Waals surface area contributed by atoms with Crippen LogP contribution in [-0.2, 0) is 4.79 Å². The Bertz CT molecular complexity index is 280. The van der Waals surface area contributed by atoms with Crippen molar-refractivity contribution in [2.45, 2.75) is 0 Å². The third kappa shape index (κ3) is 2.08. The Balaban J connectivity index is 2.45. The average molecular weight is 168 g/mol. The zero-order valence-electron chi connectivity index (χ0n) is 6.20. The second kappa shape index (κ2) is 3.51. The van der Waals surface area contributed by atoms with E-state index in [2.05, 4.69) is 15.5 Å². The molecule has 1 rings (SSSR count). The van der Waals surface area contributed by atoms with Crippen LogP contribution >= 0.6 is 0 Å². The highest BCUT2D eigenvalue weighted by atomic mass is 16.2. The first-order chi connectivity index (χ1) is 5.70. The molecule has 4 N–H and O–H groups in total. The molecule has 1 aromatic rings. The fourth-order valence-electron chi connectivity index (χ4n) is 0.645. The van der Waals surface area contributed by atoms with Crippen LogP contribution in [-0.4, -0.2) is 28.6 Å². The van der Waals surface area contributed by atoms with Crippen molar-refractivity contribution in [3.05, 3.63) is 18.0 Å². The molecule has 12 heavy (non-hydrogen) atoms. The molecule has 0 aliphatic heterocycles. The van der Waals surface area contributed by atoms with Crippen LogP contribution in [0.2, 0.25) is 0 Å². The van der Waals surface area contributed by atoms with Gasteiger partial charge < -0.3 is 11.1 Å². The Morgan fingerprint density at radius 1 is 1.67 bits per heavy atom. The van der Waals surface area contributed by atoms with Gasteiger partial charge in [0.25, 0.3) is 5.91 Å². The topological polar surface area (TPSA) is 101 Å². The first-order valence-electron chi connectivity index (χ1n) is 3.26. The zero-order chi connectivity index (χ0) is 8.97. The zero-order valence-corrected chi connectivity index (χ0v) is 6.20. The number of nitrogens with one attached hydrogen (secondary N) is 2. The van der Waals surface area contributed by atoms with Gasteiger partial charge in [-0.1, -0.05) is 0 Å². The van der Waals surface area contributed by atoms with Gasteiger partial charge in [-0.2, -0.15) is 5.10 Å². The molecule has 1 heterocycles. The fourth-order valence-corrected chi connectivity index (χ4v) is 0.645. The number of hydrogen-bond acceptors (Lipinski definition) is 3. The summed E-state index contributed by atoms with van der Waals surface area (Å²) < 4.78 is 0. The Hall–Kier alpha value is -1.85. The smallest absolute Gasteiger partial charge is 0.269 e. The number of amides is 2. The lowest BCUT2D eigenvalue weighted by molar-refractivity contribution is -0.117. The second-order valence-corrected chi connectivity index (χ2v) is 2.12. The van der Waals surface area contributed by atoms with Crippen molar-refractivity contribution in [2.24, 2.45) is 5.73 Å². The van der Waals surface area contributed by atoms with E-state index < -0.39 is 11.8 Å². The lowest BCUT2D eigenvalue weighted by atomic mass is 10.4. The second-order valence-electron chi connectivity index (χ2n) is 2.12. The van der Waals surface area contributed by atoms with E-state index in [-0.39, 0.29) is 6.54 Å². The molecule has 0 unspecified atom stereocenters. The summed E-state index contributed by atoms with van der Waals surface area (Å²) in [6.45, 7) is -0.169. The number of carbonyl (C=O) groups excluding carboxylic acids is 2. The molecule has 0 aromatic carbocycles. The summed E-state index contributed by atoms with van der Waals surface area (Å²) in [5.74, 6) is -0.978. The predicted molar refractivity (Wildman–Crippen MR) is 40.1 cm³/mol. The number of aromatic nitrogens is 2. The summed E-state index contributed by atoms with van der Waals surface area (Å²) in [4.78, 5) is 21.3. The van der Waals surface area contributed by atoms with Gasteiger partial charge in [0.15, 0.2) is 0 Å². The molecule has 0 aliphatic carbocycles. The van der Waals surface area contributed by atoms with Crippen LogP contribution in [0.25, 0.3) is 0 Å². The lowest BCUT2D eigenvalue weighted by Crippen LogP contribution is -2.33. The molecule has 0 radical (unpaired) electrons. The molecule has 0 fully saturated rings. The predicted octanol–water partition coefficient (Wildman–Crippen LogP) is -1.38. The summed E-state index contributed by atoms with van der Waals surface area (Å²) in [5.41, 5.74) is 5.12.